The lowest BCUT2D eigenvalue weighted by Crippen LogP contribution is -2.16. The van der Waals surface area contributed by atoms with Gasteiger partial charge in [-0.15, -0.1) is 0 Å². The van der Waals surface area contributed by atoms with Gasteiger partial charge in [0.15, 0.2) is 0 Å². The Labute approximate surface area is 180 Å². The Morgan fingerprint density at radius 2 is 1.90 bits per heavy atom. The van der Waals surface area contributed by atoms with Gasteiger partial charge < -0.3 is 25.0 Å². The highest BCUT2D eigenvalue weighted by Gasteiger charge is 2.17. The standard InChI is InChI=1S/C22H26N6O3/c1-13(29)25-20-11-15(8-9-24-20)31-14-6-7-16-17(10-14)28(5)21(26-16)27-19(23)12-18(30)22(2,3)4/h6-12,30H,1-5H3,(H2,23,26,27)(H,24,25,29)/b18-12-. The number of amidine groups is 1. The van der Waals surface area contributed by atoms with Gasteiger partial charge in [0.1, 0.15) is 28.9 Å². The molecule has 0 radical (unpaired) electrons. The third kappa shape index (κ3) is 5.39. The monoisotopic (exact) mass is 422 g/mol. The average molecular weight is 422 g/mol. The second-order valence-corrected chi connectivity index (χ2v) is 8.12. The zero-order chi connectivity index (χ0) is 22.8. The number of anilines is 2. The minimum atomic E-state index is -0.445. The number of pyridine rings is 1. The maximum absolute atomic E-state index is 11.2. The molecular weight excluding hydrogens is 396 g/mol. The zero-order valence-corrected chi connectivity index (χ0v) is 18.1. The third-order valence-electron chi connectivity index (χ3n) is 4.42. The van der Waals surface area contributed by atoms with Gasteiger partial charge in [-0.1, -0.05) is 20.8 Å². The maximum Gasteiger partial charge on any atom is 0.222 e. The predicted molar refractivity (Wildman–Crippen MR) is 121 cm³/mol. The zero-order valence-electron chi connectivity index (χ0n) is 18.1. The van der Waals surface area contributed by atoms with Crippen LogP contribution in [0.25, 0.3) is 11.0 Å². The normalized spacial score (nSPS) is 12.0. The number of nitrogens with one attached hydrogen (secondary N) is 3. The Bertz CT molecular complexity index is 1170. The van der Waals surface area contributed by atoms with Gasteiger partial charge in [0.25, 0.3) is 0 Å². The number of ether oxygens (including phenoxy) is 1. The fraction of sp³-hybridized carbons (Fsp3) is 0.273. The number of fused-ring (bicyclic) bond motifs is 1. The number of benzene rings is 1. The fourth-order valence-corrected chi connectivity index (χ4v) is 2.71. The number of rotatable bonds is 5. The number of aliphatic hydroxyl groups excluding tert-OH is 1. The Hall–Kier alpha value is -3.88. The average Bonchev–Trinajstić information content (AvgIpc) is 2.96. The van der Waals surface area contributed by atoms with E-state index < -0.39 is 5.41 Å². The summed E-state index contributed by atoms with van der Waals surface area (Å²) in [5, 5.41) is 23.7. The molecule has 1 amide bonds. The molecule has 9 heteroatoms. The number of hydrogen-bond acceptors (Lipinski definition) is 6. The lowest BCUT2D eigenvalue weighted by Gasteiger charge is -2.17. The highest BCUT2D eigenvalue weighted by molar-refractivity contribution is 6.01. The summed E-state index contributed by atoms with van der Waals surface area (Å²) in [7, 11) is 1.82. The van der Waals surface area contributed by atoms with E-state index in [9.17, 15) is 9.90 Å². The van der Waals surface area contributed by atoms with Crippen molar-refractivity contribution in [2.45, 2.75) is 27.7 Å². The van der Waals surface area contributed by atoms with E-state index >= 15 is 0 Å². The van der Waals surface area contributed by atoms with Crippen LogP contribution in [0.3, 0.4) is 0 Å². The minimum absolute atomic E-state index is 0.0320. The summed E-state index contributed by atoms with van der Waals surface area (Å²) in [6.45, 7) is 7.01. The summed E-state index contributed by atoms with van der Waals surface area (Å²) < 4.78 is 7.71. The van der Waals surface area contributed by atoms with E-state index in [2.05, 4.69) is 20.6 Å². The van der Waals surface area contributed by atoms with Crippen LogP contribution in [0.2, 0.25) is 0 Å². The summed E-state index contributed by atoms with van der Waals surface area (Å²) >= 11 is 0. The quantitative estimate of drug-likeness (QED) is 0.271. The lowest BCUT2D eigenvalue weighted by molar-refractivity contribution is -0.114. The molecule has 0 unspecified atom stereocenters. The number of carbonyl (C=O) groups excluding carboxylic acids is 1. The molecule has 3 aromatic rings. The number of hydrogen-bond donors (Lipinski definition) is 4. The molecule has 162 valence electrons. The van der Waals surface area contributed by atoms with E-state index in [0.29, 0.717) is 23.3 Å². The Kier molecular flexibility index (Phi) is 5.96. The Balaban J connectivity index is 1.82. The Morgan fingerprint density at radius 3 is 2.58 bits per heavy atom. The largest absolute Gasteiger partial charge is 0.512 e. The van der Waals surface area contributed by atoms with Gasteiger partial charge in [0, 0.05) is 43.8 Å². The van der Waals surface area contributed by atoms with E-state index in [4.69, 9.17) is 10.1 Å². The Morgan fingerprint density at radius 1 is 1.19 bits per heavy atom. The lowest BCUT2D eigenvalue weighted by atomic mass is 9.93. The van der Waals surface area contributed by atoms with E-state index in [0.717, 1.165) is 11.0 Å². The van der Waals surface area contributed by atoms with Gasteiger partial charge in [-0.2, -0.15) is 0 Å². The molecule has 0 aliphatic heterocycles. The van der Waals surface area contributed by atoms with Gasteiger partial charge in [0.05, 0.1) is 11.0 Å². The van der Waals surface area contributed by atoms with Crippen molar-refractivity contribution in [2.75, 3.05) is 10.6 Å². The summed E-state index contributed by atoms with van der Waals surface area (Å²) in [6.07, 6.45) is 2.93. The molecule has 3 rings (SSSR count). The molecule has 0 aliphatic rings. The molecule has 0 saturated carbocycles. The number of aryl methyl sites for hydroxylation is 1. The van der Waals surface area contributed by atoms with Crippen LogP contribution in [0, 0.1) is 10.8 Å². The molecule has 0 bridgehead atoms. The van der Waals surface area contributed by atoms with Crippen molar-refractivity contribution in [3.8, 4) is 11.5 Å². The highest BCUT2D eigenvalue weighted by Crippen LogP contribution is 2.28. The number of imidazole rings is 1. The van der Waals surface area contributed by atoms with Gasteiger partial charge in [-0.05, 0) is 18.2 Å². The first-order valence-corrected chi connectivity index (χ1v) is 9.67. The molecule has 2 heterocycles. The van der Waals surface area contributed by atoms with Gasteiger partial charge in [0.2, 0.25) is 11.9 Å². The number of aliphatic hydroxyl groups is 1. The number of carbonyl (C=O) groups is 1. The molecule has 0 aliphatic carbocycles. The molecule has 2 aromatic heterocycles. The molecular formula is C22H26N6O3. The summed E-state index contributed by atoms with van der Waals surface area (Å²) in [6, 6.07) is 8.77. The van der Waals surface area contributed by atoms with Crippen LogP contribution in [0.1, 0.15) is 27.7 Å². The van der Waals surface area contributed by atoms with Crippen molar-refractivity contribution >= 4 is 34.5 Å². The predicted octanol–water partition coefficient (Wildman–Crippen LogP) is 4.60. The van der Waals surface area contributed by atoms with Crippen LogP contribution in [0.5, 0.6) is 11.5 Å². The molecule has 9 nitrogen and oxygen atoms in total. The molecule has 0 spiro atoms. The highest BCUT2D eigenvalue weighted by atomic mass is 16.5. The SMILES string of the molecule is CC(=O)Nc1cc(Oc2ccc3nc(NC(=N)/C=C(\O)C(C)(C)C)n(C)c3c2)ccn1. The number of nitrogens with zero attached hydrogens (tertiary/aromatic N) is 3. The fourth-order valence-electron chi connectivity index (χ4n) is 2.71. The van der Waals surface area contributed by atoms with Crippen LogP contribution in [0.15, 0.2) is 48.4 Å². The van der Waals surface area contributed by atoms with Crippen LogP contribution in [-0.2, 0) is 11.8 Å². The van der Waals surface area contributed by atoms with Crippen molar-refractivity contribution in [1.29, 1.82) is 5.41 Å². The minimum Gasteiger partial charge on any atom is -0.512 e. The van der Waals surface area contributed by atoms with Crippen molar-refractivity contribution in [3.05, 3.63) is 48.4 Å². The maximum atomic E-state index is 11.2. The number of aromatic nitrogens is 3. The second-order valence-electron chi connectivity index (χ2n) is 8.12. The van der Waals surface area contributed by atoms with E-state index in [1.54, 1.807) is 29.0 Å². The first kappa shape index (κ1) is 21.8. The van der Waals surface area contributed by atoms with Crippen molar-refractivity contribution in [2.24, 2.45) is 12.5 Å². The smallest absolute Gasteiger partial charge is 0.222 e. The van der Waals surface area contributed by atoms with Crippen LogP contribution >= 0.6 is 0 Å². The van der Waals surface area contributed by atoms with Crippen LogP contribution < -0.4 is 15.4 Å². The first-order chi connectivity index (χ1) is 14.5. The molecule has 1 aromatic carbocycles. The van der Waals surface area contributed by atoms with Crippen molar-refractivity contribution in [1.82, 2.24) is 14.5 Å². The third-order valence-corrected chi connectivity index (χ3v) is 4.42. The van der Waals surface area contributed by atoms with Crippen LogP contribution in [0.4, 0.5) is 11.8 Å². The van der Waals surface area contributed by atoms with Gasteiger partial charge in [-0.3, -0.25) is 10.2 Å². The van der Waals surface area contributed by atoms with E-state index in [1.807, 2.05) is 40.0 Å². The van der Waals surface area contributed by atoms with E-state index in [1.165, 1.54) is 13.0 Å². The van der Waals surface area contributed by atoms with Crippen molar-refractivity contribution in [3.63, 3.8) is 0 Å². The molecule has 0 saturated heterocycles. The second kappa shape index (κ2) is 8.47. The summed E-state index contributed by atoms with van der Waals surface area (Å²) in [4.78, 5) is 19.8. The van der Waals surface area contributed by atoms with E-state index in [-0.39, 0.29) is 17.5 Å². The molecule has 4 N–H and O–H groups in total. The van der Waals surface area contributed by atoms with Crippen LogP contribution in [-0.4, -0.2) is 31.4 Å². The first-order valence-electron chi connectivity index (χ1n) is 9.67. The molecule has 0 atom stereocenters. The number of allylic oxidation sites excluding steroid dienone is 1. The van der Waals surface area contributed by atoms with Gasteiger partial charge in [-0.25, -0.2) is 9.97 Å². The summed E-state index contributed by atoms with van der Waals surface area (Å²) in [5.74, 6) is 1.91. The molecule has 0 fully saturated rings. The summed E-state index contributed by atoms with van der Waals surface area (Å²) in [5.41, 5.74) is 1.08. The van der Waals surface area contributed by atoms with Crippen molar-refractivity contribution < 1.29 is 14.6 Å². The molecule has 31 heavy (non-hydrogen) atoms. The van der Waals surface area contributed by atoms with Gasteiger partial charge >= 0.3 is 0 Å². The number of amides is 1. The topological polar surface area (TPSA) is 125 Å².